The molecule has 0 saturated heterocycles. The Morgan fingerprint density at radius 2 is 1.15 bits per heavy atom. The number of benzene rings is 1. The van der Waals surface area contributed by atoms with Crippen LogP contribution in [0.1, 0.15) is 103 Å². The van der Waals surface area contributed by atoms with E-state index in [1.807, 2.05) is 24.3 Å². The highest BCUT2D eigenvalue weighted by Gasteiger charge is 2.63. The van der Waals surface area contributed by atoms with Crippen LogP contribution < -0.4 is 30.1 Å². The number of hydrogen-bond donors (Lipinski definition) is 6. The Morgan fingerprint density at radius 3 is 1.64 bits per heavy atom. The van der Waals surface area contributed by atoms with Gasteiger partial charge in [0.15, 0.2) is 0 Å². The highest BCUT2D eigenvalue weighted by atomic mass is 32.2. The van der Waals surface area contributed by atoms with Crippen molar-refractivity contribution in [2.75, 3.05) is 39.6 Å². The molecule has 6 aliphatic carbocycles. The van der Waals surface area contributed by atoms with Gasteiger partial charge in [-0.2, -0.15) is 0 Å². The molecule has 23 heteroatoms. The number of carbonyl (C=O) groups is 7. The van der Waals surface area contributed by atoms with E-state index in [1.54, 1.807) is 48.2 Å². The molecule has 7 amide bonds. The second kappa shape index (κ2) is 21.7. The van der Waals surface area contributed by atoms with Crippen LogP contribution in [0.3, 0.4) is 0 Å². The molecule has 6 saturated carbocycles. The van der Waals surface area contributed by atoms with Crippen molar-refractivity contribution >= 4 is 67.3 Å². The lowest BCUT2D eigenvalue weighted by molar-refractivity contribution is -0.141. The molecular formula is C50H69N7O14S2. The zero-order valence-corrected chi connectivity index (χ0v) is 43.2. The molecule has 10 atom stereocenters. The van der Waals surface area contributed by atoms with Crippen molar-refractivity contribution in [1.82, 2.24) is 29.9 Å². The predicted octanol–water partition coefficient (Wildman–Crippen LogP) is 2.38. The molecule has 400 valence electrons. The first-order valence-corrected chi connectivity index (χ1v) is 28.6. The number of aliphatic hydroxyl groups is 1. The van der Waals surface area contributed by atoms with Crippen LogP contribution in [-0.2, 0) is 53.6 Å². The molecule has 0 radical (unpaired) electrons. The third-order valence-corrected chi connectivity index (χ3v) is 19.2. The van der Waals surface area contributed by atoms with E-state index in [2.05, 4.69) is 25.4 Å². The van der Waals surface area contributed by atoms with E-state index in [0.717, 1.165) is 38.5 Å². The molecule has 0 spiro atoms. The van der Waals surface area contributed by atoms with Crippen LogP contribution in [0.25, 0.3) is 0 Å². The lowest BCUT2D eigenvalue weighted by atomic mass is 9.93. The van der Waals surface area contributed by atoms with Crippen molar-refractivity contribution in [2.45, 2.75) is 137 Å². The first kappa shape index (κ1) is 53.7. The summed E-state index contributed by atoms with van der Waals surface area (Å²) in [6.45, 7) is 1.11. The van der Waals surface area contributed by atoms with Gasteiger partial charge < -0.3 is 35.0 Å². The fourth-order valence-corrected chi connectivity index (χ4v) is 13.4. The highest BCUT2D eigenvalue weighted by Crippen LogP contribution is 2.48. The van der Waals surface area contributed by atoms with Gasteiger partial charge in [0.25, 0.3) is 11.8 Å². The number of hydrogen-bond acceptors (Lipinski definition) is 14. The molecule has 0 aromatic heterocycles. The highest BCUT2D eigenvalue weighted by molar-refractivity contribution is 7.91. The molecule has 2 heterocycles. The summed E-state index contributed by atoms with van der Waals surface area (Å²) in [7, 11) is -2.65. The lowest BCUT2D eigenvalue weighted by Gasteiger charge is -2.26. The number of nitrogens with zero attached hydrogens (tertiary/aromatic N) is 2. The Kier molecular flexibility index (Phi) is 16.0. The van der Waals surface area contributed by atoms with Gasteiger partial charge in [-0.25, -0.2) is 21.6 Å². The molecule has 2 aliphatic heterocycles. The summed E-state index contributed by atoms with van der Waals surface area (Å²) in [6, 6.07) is 6.76. The standard InChI is InChI=1S/C29H38N4O8S.C21H31N3O6S/c1-33-13-6-4-3-5-8-18-17-29(18,27(36)32-42(38,39)22-11-12-22)31-25(34)23-15-21(16-24(23)26(33)35)41-28(37)30-19-9-7-10-20(14-19)40-2;1-24-9-5-3-2-4-6-13-12-21(13,20(28)23-31(29,30)15-7-8-15)22-18(26)16-10-14(25)11-17(16)19(24)27/h5,7-10,14,18,21-24H,3-4,6,11-13,15-17H2,1-2H3,(H,30,37)(H,31,34)(H,32,36);4,6,13-17,25H,2-3,5,7-12H2,1H3,(H,22,26)(H,23,28)/b8-5-;6-4-/t18-,21-,23-,24-,29-;13-,14-,16-,17-,21-/m11/s1. The lowest BCUT2D eigenvalue weighted by Crippen LogP contribution is -2.54. The molecule has 73 heavy (non-hydrogen) atoms. The molecule has 6 N–H and O–H groups in total. The smallest absolute Gasteiger partial charge is 0.411 e. The number of aliphatic hydroxyl groups excluding tert-OH is 1. The van der Waals surface area contributed by atoms with Crippen molar-refractivity contribution in [3.63, 3.8) is 0 Å². The van der Waals surface area contributed by atoms with Gasteiger partial charge in [-0.15, -0.1) is 0 Å². The number of amides is 7. The quantitative estimate of drug-likeness (QED) is 0.194. The Hall–Kier alpha value is -5.55. The Balaban J connectivity index is 0.000000204. The van der Waals surface area contributed by atoms with Crippen molar-refractivity contribution in [2.24, 2.45) is 35.5 Å². The van der Waals surface area contributed by atoms with E-state index in [1.165, 1.54) is 7.11 Å². The fourth-order valence-electron chi connectivity index (χ4n) is 10.7. The van der Waals surface area contributed by atoms with E-state index in [-0.39, 0.29) is 55.8 Å². The first-order valence-electron chi connectivity index (χ1n) is 25.6. The van der Waals surface area contributed by atoms with Crippen LogP contribution in [0, 0.1) is 35.5 Å². The number of anilines is 1. The molecule has 1 aromatic rings. The number of allylic oxidation sites excluding steroid dienone is 2. The monoisotopic (exact) mass is 1060 g/mol. The number of ether oxygens (including phenoxy) is 2. The molecule has 21 nitrogen and oxygen atoms in total. The van der Waals surface area contributed by atoms with Gasteiger partial charge >= 0.3 is 6.09 Å². The molecule has 0 unspecified atom stereocenters. The molecule has 1 aromatic carbocycles. The van der Waals surface area contributed by atoms with Crippen LogP contribution in [0.5, 0.6) is 5.75 Å². The molecule has 0 bridgehead atoms. The van der Waals surface area contributed by atoms with E-state index in [0.29, 0.717) is 56.6 Å². The minimum absolute atomic E-state index is 0.0835. The maximum atomic E-state index is 13.8. The average Bonchev–Trinajstić information content (AvgIpc) is 4.16. The van der Waals surface area contributed by atoms with Crippen molar-refractivity contribution in [1.29, 1.82) is 0 Å². The summed E-state index contributed by atoms with van der Waals surface area (Å²) in [5.41, 5.74) is -2.28. The van der Waals surface area contributed by atoms with Crippen molar-refractivity contribution in [3.8, 4) is 5.75 Å². The summed E-state index contributed by atoms with van der Waals surface area (Å²) >= 11 is 0. The molecule has 8 aliphatic rings. The fraction of sp³-hybridized carbons (Fsp3) is 0.660. The SMILES string of the molecule is CN1CCCC/C=C\[C@@H]2C[C@@]2(C(=O)NS(=O)(=O)C2CC2)NC(=O)[C@@H]2C[C@@H](O)C[C@H]2C1=O.COc1cccc(NC(=O)O[C@@H]2C[C@H]3C(=O)N[C@]4(C(=O)NS(=O)(=O)C5CC5)C[C@H]4/C=C\CCCCN(C)C(=O)[C@@H]3C2)c1. The van der Waals surface area contributed by atoms with Gasteiger partial charge in [-0.05, 0) is 115 Å². The Labute approximate surface area is 426 Å². The first-order chi connectivity index (χ1) is 34.7. The van der Waals surface area contributed by atoms with E-state index < -0.39 is 107 Å². The van der Waals surface area contributed by atoms with Crippen LogP contribution >= 0.6 is 0 Å². The maximum Gasteiger partial charge on any atom is 0.411 e. The molecule has 9 rings (SSSR count). The number of carbonyl (C=O) groups excluding carboxylic acids is 7. The summed E-state index contributed by atoms with van der Waals surface area (Å²) in [6.07, 6.45) is 13.4. The maximum absolute atomic E-state index is 13.8. The number of sulfonamides is 2. The second-order valence-electron chi connectivity index (χ2n) is 21.2. The van der Waals surface area contributed by atoms with Crippen LogP contribution in [-0.4, -0.2) is 141 Å². The Morgan fingerprint density at radius 1 is 0.685 bits per heavy atom. The number of fused-ring (bicyclic) bond motifs is 4. The molecular weight excluding hydrogens is 987 g/mol. The number of methoxy groups -OCH3 is 1. The van der Waals surface area contributed by atoms with Crippen LogP contribution in [0.4, 0.5) is 10.5 Å². The zero-order valence-electron chi connectivity index (χ0n) is 41.6. The average molecular weight is 1060 g/mol. The minimum atomic E-state index is -3.82. The summed E-state index contributed by atoms with van der Waals surface area (Å²) in [5.74, 6) is -6.02. The topological polar surface area (TPSA) is 293 Å². The predicted molar refractivity (Wildman–Crippen MR) is 265 cm³/mol. The summed E-state index contributed by atoms with van der Waals surface area (Å²) in [4.78, 5) is 95.6. The van der Waals surface area contributed by atoms with Crippen LogP contribution in [0.2, 0.25) is 0 Å². The van der Waals surface area contributed by atoms with E-state index >= 15 is 0 Å². The number of nitrogens with one attached hydrogen (secondary N) is 5. The van der Waals surface area contributed by atoms with E-state index in [4.69, 9.17) is 9.47 Å². The summed E-state index contributed by atoms with van der Waals surface area (Å²) < 4.78 is 64.9. The van der Waals surface area contributed by atoms with Gasteiger partial charge in [0.1, 0.15) is 22.9 Å². The Bertz CT molecular complexity index is 2620. The van der Waals surface area contributed by atoms with Gasteiger partial charge in [0.2, 0.25) is 43.7 Å². The van der Waals surface area contributed by atoms with Gasteiger partial charge in [0.05, 0.1) is 47.4 Å². The molecule has 6 fully saturated rings. The van der Waals surface area contributed by atoms with Crippen LogP contribution in [0.15, 0.2) is 48.6 Å². The normalized spacial score (nSPS) is 33.6. The largest absolute Gasteiger partial charge is 0.497 e. The second-order valence-corrected chi connectivity index (χ2v) is 25.1. The van der Waals surface area contributed by atoms with Gasteiger partial charge in [-0.1, -0.05) is 30.4 Å². The third-order valence-electron chi connectivity index (χ3n) is 15.6. The number of rotatable bonds is 9. The third kappa shape index (κ3) is 12.5. The van der Waals surface area contributed by atoms with Gasteiger partial charge in [0, 0.05) is 50.8 Å². The zero-order chi connectivity index (χ0) is 52.5. The van der Waals surface area contributed by atoms with Crippen molar-refractivity contribution < 1.29 is 65.0 Å². The minimum Gasteiger partial charge on any atom is -0.497 e. The van der Waals surface area contributed by atoms with Crippen molar-refractivity contribution in [3.05, 3.63) is 48.6 Å². The van der Waals surface area contributed by atoms with Gasteiger partial charge in [-0.3, -0.25) is 43.5 Å². The summed E-state index contributed by atoms with van der Waals surface area (Å²) in [5, 5.41) is 17.3. The van der Waals surface area contributed by atoms with E-state index in [9.17, 15) is 55.5 Å².